The normalized spacial score (nSPS) is 11.2. The van der Waals surface area contributed by atoms with Crippen molar-refractivity contribution in [1.29, 1.82) is 0 Å². The van der Waals surface area contributed by atoms with E-state index in [0.717, 1.165) is 47.4 Å². The van der Waals surface area contributed by atoms with E-state index in [0.29, 0.717) is 6.54 Å². The molecule has 0 unspecified atom stereocenters. The molecule has 2 N–H and O–H groups in total. The third-order valence-electron chi connectivity index (χ3n) is 3.90. The highest BCUT2D eigenvalue weighted by Crippen LogP contribution is 2.23. The zero-order valence-electron chi connectivity index (χ0n) is 15.9. The predicted octanol–water partition coefficient (Wildman–Crippen LogP) is 3.82. The van der Waals surface area contributed by atoms with Crippen molar-refractivity contribution < 1.29 is 4.74 Å². The molecule has 6 heteroatoms. The number of nitrogens with one attached hydrogen (secondary N) is 2. The third kappa shape index (κ3) is 7.68. The lowest BCUT2D eigenvalue weighted by molar-refractivity contribution is 0.406. The summed E-state index contributed by atoms with van der Waals surface area (Å²) < 4.78 is 5.45. The predicted molar refractivity (Wildman–Crippen MR) is 113 cm³/mol. The molecule has 0 aliphatic carbocycles. The number of aromatic nitrogens is 1. The number of halogens is 1. The Morgan fingerprint density at radius 1 is 1.25 bits per heavy atom. The van der Waals surface area contributed by atoms with Crippen LogP contribution in [0.4, 0.5) is 0 Å². The highest BCUT2D eigenvalue weighted by molar-refractivity contribution is 14.0. The van der Waals surface area contributed by atoms with Crippen molar-refractivity contribution in [2.45, 2.75) is 53.5 Å². The summed E-state index contributed by atoms with van der Waals surface area (Å²) in [5.74, 6) is 2.50. The molecule has 138 valence electrons. The molecule has 0 spiro atoms. The van der Waals surface area contributed by atoms with Crippen LogP contribution in [0, 0.1) is 19.8 Å². The van der Waals surface area contributed by atoms with Crippen LogP contribution < -0.4 is 15.4 Å². The van der Waals surface area contributed by atoms with Gasteiger partial charge in [-0.3, -0.25) is 9.98 Å². The van der Waals surface area contributed by atoms with Gasteiger partial charge >= 0.3 is 0 Å². The van der Waals surface area contributed by atoms with Crippen molar-refractivity contribution >= 4 is 29.9 Å². The first-order valence-electron chi connectivity index (χ1n) is 8.43. The number of pyridine rings is 1. The van der Waals surface area contributed by atoms with Crippen LogP contribution in [0.2, 0.25) is 0 Å². The lowest BCUT2D eigenvalue weighted by atomic mass is 10.1. The Morgan fingerprint density at radius 2 is 1.96 bits per heavy atom. The minimum absolute atomic E-state index is 0. The van der Waals surface area contributed by atoms with E-state index in [1.807, 2.05) is 20.0 Å². The summed E-state index contributed by atoms with van der Waals surface area (Å²) in [4.78, 5) is 8.76. The number of rotatable bonds is 8. The van der Waals surface area contributed by atoms with Crippen LogP contribution in [0.25, 0.3) is 0 Å². The smallest absolute Gasteiger partial charge is 0.191 e. The van der Waals surface area contributed by atoms with E-state index in [9.17, 15) is 0 Å². The molecular formula is C18H33IN4O. The van der Waals surface area contributed by atoms with Crippen molar-refractivity contribution in [2.24, 2.45) is 10.9 Å². The zero-order chi connectivity index (χ0) is 17.2. The van der Waals surface area contributed by atoms with Gasteiger partial charge in [0.1, 0.15) is 5.75 Å². The summed E-state index contributed by atoms with van der Waals surface area (Å²) in [6, 6.07) is 0. The lowest BCUT2D eigenvalue weighted by Crippen LogP contribution is -2.37. The van der Waals surface area contributed by atoms with Gasteiger partial charge in [0.2, 0.25) is 0 Å². The van der Waals surface area contributed by atoms with E-state index < -0.39 is 0 Å². The molecular weight excluding hydrogens is 415 g/mol. The first kappa shape index (κ1) is 22.9. The van der Waals surface area contributed by atoms with Crippen molar-refractivity contribution in [3.05, 3.63) is 23.0 Å². The van der Waals surface area contributed by atoms with Crippen LogP contribution in [-0.4, -0.2) is 31.6 Å². The SMILES string of the molecule is CN=C(NCCCCC(C)C)NCc1ncc(C)c(OC)c1C.I. The Labute approximate surface area is 164 Å². The molecule has 0 aliphatic heterocycles. The quantitative estimate of drug-likeness (QED) is 0.275. The molecule has 0 amide bonds. The third-order valence-corrected chi connectivity index (χ3v) is 3.90. The van der Waals surface area contributed by atoms with E-state index in [2.05, 4.69) is 34.5 Å². The maximum atomic E-state index is 5.45. The first-order chi connectivity index (χ1) is 11.0. The number of aliphatic imine (C=N–C) groups is 1. The van der Waals surface area contributed by atoms with Crippen molar-refractivity contribution in [2.75, 3.05) is 20.7 Å². The van der Waals surface area contributed by atoms with Gasteiger partial charge in [-0.2, -0.15) is 0 Å². The molecule has 0 bridgehead atoms. The molecule has 0 radical (unpaired) electrons. The summed E-state index contributed by atoms with van der Waals surface area (Å²) >= 11 is 0. The van der Waals surface area contributed by atoms with Crippen LogP contribution in [0.15, 0.2) is 11.2 Å². The number of aryl methyl sites for hydroxylation is 1. The molecule has 0 saturated carbocycles. The van der Waals surface area contributed by atoms with E-state index >= 15 is 0 Å². The van der Waals surface area contributed by atoms with E-state index in [1.54, 1.807) is 14.2 Å². The fraction of sp³-hybridized carbons (Fsp3) is 0.667. The summed E-state index contributed by atoms with van der Waals surface area (Å²) in [5, 5.41) is 6.67. The van der Waals surface area contributed by atoms with Gasteiger partial charge in [0.15, 0.2) is 5.96 Å². The lowest BCUT2D eigenvalue weighted by Gasteiger charge is -2.15. The van der Waals surface area contributed by atoms with Crippen molar-refractivity contribution in [1.82, 2.24) is 15.6 Å². The van der Waals surface area contributed by atoms with Crippen molar-refractivity contribution in [3.8, 4) is 5.75 Å². The van der Waals surface area contributed by atoms with Gasteiger partial charge < -0.3 is 15.4 Å². The maximum absolute atomic E-state index is 5.45. The summed E-state index contributed by atoms with van der Waals surface area (Å²) in [6.07, 6.45) is 5.54. The molecule has 0 fully saturated rings. The second-order valence-electron chi connectivity index (χ2n) is 6.29. The van der Waals surface area contributed by atoms with Crippen LogP contribution in [-0.2, 0) is 6.54 Å². The Morgan fingerprint density at radius 3 is 2.54 bits per heavy atom. The van der Waals surface area contributed by atoms with Crippen LogP contribution in [0.3, 0.4) is 0 Å². The van der Waals surface area contributed by atoms with Gasteiger partial charge in [-0.15, -0.1) is 24.0 Å². The van der Waals surface area contributed by atoms with Gasteiger partial charge in [0, 0.05) is 30.9 Å². The zero-order valence-corrected chi connectivity index (χ0v) is 18.2. The monoisotopic (exact) mass is 448 g/mol. The number of hydrogen-bond donors (Lipinski definition) is 2. The molecule has 1 heterocycles. The van der Waals surface area contributed by atoms with Crippen LogP contribution >= 0.6 is 24.0 Å². The molecule has 1 aromatic heterocycles. The van der Waals surface area contributed by atoms with Gasteiger partial charge in [0.25, 0.3) is 0 Å². The second kappa shape index (κ2) is 12.3. The van der Waals surface area contributed by atoms with Gasteiger partial charge in [-0.1, -0.05) is 26.7 Å². The largest absolute Gasteiger partial charge is 0.496 e. The molecule has 1 aromatic rings. The Hall–Kier alpha value is -1.05. The molecule has 0 saturated heterocycles. The van der Waals surface area contributed by atoms with E-state index in [1.165, 1.54) is 12.8 Å². The Bertz CT molecular complexity index is 518. The highest BCUT2D eigenvalue weighted by Gasteiger charge is 2.09. The first-order valence-corrected chi connectivity index (χ1v) is 8.43. The number of ether oxygens (including phenoxy) is 1. The molecule has 0 aliphatic rings. The van der Waals surface area contributed by atoms with Crippen molar-refractivity contribution in [3.63, 3.8) is 0 Å². The topological polar surface area (TPSA) is 58.5 Å². The Kier molecular flexibility index (Phi) is 11.8. The standard InChI is InChI=1S/C18H32N4O.HI/c1-13(2)9-7-8-10-20-18(19-5)22-12-16-15(4)17(23-6)14(3)11-21-16;/h11,13H,7-10,12H2,1-6H3,(H2,19,20,22);1H. The van der Waals surface area contributed by atoms with Crippen LogP contribution in [0.1, 0.15) is 49.9 Å². The van der Waals surface area contributed by atoms with E-state index in [4.69, 9.17) is 4.74 Å². The molecule has 0 aromatic carbocycles. The molecule has 1 rings (SSSR count). The molecule has 0 atom stereocenters. The minimum Gasteiger partial charge on any atom is -0.496 e. The number of hydrogen-bond acceptors (Lipinski definition) is 3. The Balaban J connectivity index is 0.00000529. The van der Waals surface area contributed by atoms with Gasteiger partial charge in [-0.25, -0.2) is 0 Å². The number of guanidine groups is 1. The van der Waals surface area contributed by atoms with E-state index in [-0.39, 0.29) is 24.0 Å². The number of nitrogens with zero attached hydrogens (tertiary/aromatic N) is 2. The average molecular weight is 448 g/mol. The van der Waals surface area contributed by atoms with Gasteiger partial charge in [0.05, 0.1) is 19.3 Å². The number of unbranched alkanes of at least 4 members (excludes halogenated alkanes) is 1. The fourth-order valence-corrected chi connectivity index (χ4v) is 2.52. The van der Waals surface area contributed by atoms with Gasteiger partial charge in [-0.05, 0) is 26.2 Å². The second-order valence-corrected chi connectivity index (χ2v) is 6.29. The summed E-state index contributed by atoms with van der Waals surface area (Å²) in [6.45, 7) is 10.1. The minimum atomic E-state index is 0. The molecule has 24 heavy (non-hydrogen) atoms. The highest BCUT2D eigenvalue weighted by atomic mass is 127. The summed E-state index contributed by atoms with van der Waals surface area (Å²) in [7, 11) is 3.49. The molecule has 5 nitrogen and oxygen atoms in total. The van der Waals surface area contributed by atoms with Crippen LogP contribution in [0.5, 0.6) is 5.75 Å². The fourth-order valence-electron chi connectivity index (χ4n) is 2.52. The number of methoxy groups -OCH3 is 1. The average Bonchev–Trinajstić information content (AvgIpc) is 2.51. The maximum Gasteiger partial charge on any atom is 0.191 e. The summed E-state index contributed by atoms with van der Waals surface area (Å²) in [5.41, 5.74) is 3.11.